The highest BCUT2D eigenvalue weighted by Gasteiger charge is 2.33. The molecule has 1 fully saturated rings. The molecule has 0 aliphatic carbocycles. The average Bonchev–Trinajstić information content (AvgIpc) is 3.24. The maximum absolute atomic E-state index is 12.1. The van der Waals surface area contributed by atoms with Crippen molar-refractivity contribution in [3.8, 4) is 0 Å². The summed E-state index contributed by atoms with van der Waals surface area (Å²) >= 11 is -0.188. The molecule has 1 saturated heterocycles. The van der Waals surface area contributed by atoms with Crippen LogP contribution in [-0.2, 0) is 38.3 Å². The van der Waals surface area contributed by atoms with Crippen molar-refractivity contribution >= 4 is 63.6 Å². The Kier molecular flexibility index (Phi) is 13.7. The van der Waals surface area contributed by atoms with Crippen LogP contribution in [0.2, 0.25) is 0 Å². The number of esters is 1. The molecule has 3 atom stereocenters. The van der Waals surface area contributed by atoms with Crippen LogP contribution < -0.4 is 11.1 Å². The fourth-order valence-electron chi connectivity index (χ4n) is 2.42. The molecule has 184 valence electrons. The van der Waals surface area contributed by atoms with E-state index in [0.29, 0.717) is 11.7 Å². The molecule has 32 heavy (non-hydrogen) atoms. The minimum atomic E-state index is -4.81. The Labute approximate surface area is 197 Å². The summed E-state index contributed by atoms with van der Waals surface area (Å²) in [6.07, 6.45) is 2.99. The zero-order chi connectivity index (χ0) is 24.1. The third kappa shape index (κ3) is 12.9. The number of rotatable bonds is 13. The second-order valence-corrected chi connectivity index (χ2v) is 13.2. The monoisotopic (exact) mass is 534 g/mol. The third-order valence-electron chi connectivity index (χ3n) is 4.04. The number of methoxy groups -OCH3 is 1. The van der Waals surface area contributed by atoms with E-state index in [1.165, 1.54) is 0 Å². The molecule has 1 aliphatic rings. The second-order valence-electron chi connectivity index (χ2n) is 6.64. The predicted molar refractivity (Wildman–Crippen MR) is 120 cm³/mol. The van der Waals surface area contributed by atoms with Crippen LogP contribution in [0.15, 0.2) is 0 Å². The molecule has 0 aromatic rings. The molecule has 1 rings (SSSR count). The van der Waals surface area contributed by atoms with E-state index in [9.17, 15) is 23.7 Å². The molecule has 0 spiro atoms. The van der Waals surface area contributed by atoms with Crippen molar-refractivity contribution in [2.75, 3.05) is 12.9 Å². The number of carbonyl (C=O) groups is 4. The lowest BCUT2D eigenvalue weighted by molar-refractivity contribution is -0.259. The van der Waals surface area contributed by atoms with Crippen LogP contribution >= 0.6 is 39.8 Å². The largest absolute Gasteiger partial charge is 0.468 e. The first-order valence-electron chi connectivity index (χ1n) is 9.58. The number of unbranched alkanes of at least 4 members (excludes halogenated alkanes) is 1. The van der Waals surface area contributed by atoms with Gasteiger partial charge in [-0.3, -0.25) is 9.59 Å². The molecule has 2 unspecified atom stereocenters. The quantitative estimate of drug-likeness (QED) is 0.0502. The summed E-state index contributed by atoms with van der Waals surface area (Å²) in [4.78, 5) is 74.0. The summed E-state index contributed by atoms with van der Waals surface area (Å²) in [6.45, 7) is -4.81. The summed E-state index contributed by atoms with van der Waals surface area (Å²) in [6, 6.07) is -1.09. The molecule has 12 nitrogen and oxygen atoms in total. The number of hydrogen-bond donors (Lipinski definition) is 4. The van der Waals surface area contributed by atoms with Crippen molar-refractivity contribution < 1.29 is 48.0 Å². The fraction of sp³-hybridized carbons (Fsp3) is 0.750. The Hall–Kier alpha value is -0.960. The van der Waals surface area contributed by atoms with Gasteiger partial charge in [0.25, 0.3) is 0 Å². The van der Waals surface area contributed by atoms with Crippen LogP contribution in [0.5, 0.6) is 0 Å². The van der Waals surface area contributed by atoms with Gasteiger partial charge >= 0.3 is 24.7 Å². The van der Waals surface area contributed by atoms with Crippen molar-refractivity contribution in [2.45, 2.75) is 61.6 Å². The van der Waals surface area contributed by atoms with E-state index < -0.39 is 42.0 Å². The predicted octanol–water partition coefficient (Wildman–Crippen LogP) is 1.25. The van der Waals surface area contributed by atoms with Gasteiger partial charge in [0.2, 0.25) is 5.91 Å². The van der Waals surface area contributed by atoms with Crippen molar-refractivity contribution in [3.63, 3.8) is 0 Å². The van der Waals surface area contributed by atoms with Gasteiger partial charge in [-0.2, -0.15) is 0 Å². The molecule has 0 aromatic heterocycles. The fourth-order valence-corrected chi connectivity index (χ4v) is 7.27. The van der Waals surface area contributed by atoms with E-state index in [2.05, 4.69) is 14.5 Å². The van der Waals surface area contributed by atoms with Gasteiger partial charge in [0.15, 0.2) is 5.37 Å². The number of carbonyl (C=O) groups excluding carboxylic acids is 4. The van der Waals surface area contributed by atoms with Crippen LogP contribution in [0.25, 0.3) is 0 Å². The lowest BCUT2D eigenvalue weighted by Gasteiger charge is -2.16. The smallest absolute Gasteiger partial charge is 0.388 e. The Morgan fingerprint density at radius 1 is 1.19 bits per heavy atom. The molecule has 5 N–H and O–H groups in total. The number of nitrogens with two attached hydrogens (primary N) is 1. The van der Waals surface area contributed by atoms with Gasteiger partial charge in [-0.25, -0.2) is 23.9 Å². The van der Waals surface area contributed by atoms with Crippen molar-refractivity contribution in [2.24, 2.45) is 5.73 Å². The SMILES string of the molecule is COC(=O)C(N)CCC(=O)N[C@@H](SP(=O)(O)O)C(=O)OOC(=O)CCCCC1CCSS1. The Morgan fingerprint density at radius 2 is 1.91 bits per heavy atom. The molecule has 0 aromatic carbocycles. The van der Waals surface area contributed by atoms with Gasteiger partial charge in [0.1, 0.15) is 6.04 Å². The van der Waals surface area contributed by atoms with E-state index in [4.69, 9.17) is 15.5 Å². The highest BCUT2D eigenvalue weighted by Crippen LogP contribution is 2.52. The van der Waals surface area contributed by atoms with E-state index in [0.717, 1.165) is 32.1 Å². The van der Waals surface area contributed by atoms with Gasteiger partial charge in [0, 0.05) is 17.4 Å². The molecule has 1 aliphatic heterocycles. The summed E-state index contributed by atoms with van der Waals surface area (Å²) < 4.78 is 15.7. The Morgan fingerprint density at radius 3 is 2.50 bits per heavy atom. The first-order valence-corrected chi connectivity index (χ1v) is 15.1. The molecule has 1 heterocycles. The zero-order valence-electron chi connectivity index (χ0n) is 17.3. The summed E-state index contributed by atoms with van der Waals surface area (Å²) in [5.41, 5.74) is 5.50. The summed E-state index contributed by atoms with van der Waals surface area (Å²) in [5.74, 6) is -2.65. The molecule has 0 radical (unpaired) electrons. The minimum absolute atomic E-state index is 0.00584. The van der Waals surface area contributed by atoms with Gasteiger partial charge in [0.05, 0.1) is 13.5 Å². The van der Waals surface area contributed by atoms with Gasteiger partial charge < -0.3 is 25.6 Å². The van der Waals surface area contributed by atoms with E-state index in [1.54, 1.807) is 0 Å². The van der Waals surface area contributed by atoms with E-state index in [-0.39, 0.29) is 30.6 Å². The van der Waals surface area contributed by atoms with Crippen LogP contribution in [0.1, 0.15) is 44.9 Å². The lowest BCUT2D eigenvalue weighted by Crippen LogP contribution is -2.40. The maximum Gasteiger partial charge on any atom is 0.388 e. The molecule has 0 saturated carbocycles. The number of amides is 1. The highest BCUT2D eigenvalue weighted by molar-refractivity contribution is 8.77. The lowest BCUT2D eigenvalue weighted by atomic mass is 10.1. The first kappa shape index (κ1) is 29.1. The van der Waals surface area contributed by atoms with Crippen LogP contribution in [0.3, 0.4) is 0 Å². The second kappa shape index (κ2) is 15.0. The normalized spacial score (nSPS) is 17.8. The third-order valence-corrected chi connectivity index (χ3v) is 9.30. The molecular weight excluding hydrogens is 507 g/mol. The molecular formula is C16H27N2O10PS3. The number of nitrogens with one attached hydrogen (secondary N) is 1. The van der Waals surface area contributed by atoms with Crippen LogP contribution in [-0.4, -0.2) is 63.1 Å². The van der Waals surface area contributed by atoms with Crippen LogP contribution in [0, 0.1) is 0 Å². The molecule has 1 amide bonds. The van der Waals surface area contributed by atoms with Gasteiger partial charge in [-0.15, -0.1) is 0 Å². The van der Waals surface area contributed by atoms with Gasteiger partial charge in [-0.05, 0) is 37.1 Å². The zero-order valence-corrected chi connectivity index (χ0v) is 20.6. The standard InChI is InChI=1S/C16H27N2O10PS3/c1-26-15(21)11(17)6-7-12(19)18-14(31-29(23,24)25)16(22)28-27-13(20)5-3-2-4-10-8-9-30-32-10/h10-11,14H,2-9,17H2,1H3,(H,18,19)(H2,23,24,25)/t10?,11?,14-/m0/s1. The average molecular weight is 535 g/mol. The van der Waals surface area contributed by atoms with E-state index in [1.807, 2.05) is 26.9 Å². The number of hydrogen-bond acceptors (Lipinski definition) is 12. The summed E-state index contributed by atoms with van der Waals surface area (Å²) in [5, 5.41) is 0.776. The van der Waals surface area contributed by atoms with Crippen molar-refractivity contribution in [1.29, 1.82) is 0 Å². The highest BCUT2D eigenvalue weighted by atomic mass is 33.1. The van der Waals surface area contributed by atoms with E-state index >= 15 is 0 Å². The first-order chi connectivity index (χ1) is 15.0. The maximum atomic E-state index is 12.1. The van der Waals surface area contributed by atoms with Crippen LogP contribution in [0.4, 0.5) is 0 Å². The van der Waals surface area contributed by atoms with Crippen molar-refractivity contribution in [1.82, 2.24) is 5.32 Å². The van der Waals surface area contributed by atoms with Gasteiger partial charge in [-0.1, -0.05) is 28.0 Å². The van der Waals surface area contributed by atoms with Crippen molar-refractivity contribution in [3.05, 3.63) is 0 Å². The molecule has 16 heteroatoms. The Balaban J connectivity index is 2.43. The number of ether oxygens (including phenoxy) is 1. The topological polar surface area (TPSA) is 192 Å². The minimum Gasteiger partial charge on any atom is -0.468 e. The Bertz CT molecular complexity index is 702. The summed E-state index contributed by atoms with van der Waals surface area (Å²) in [7, 11) is 4.79. The molecule has 0 bridgehead atoms.